The molecule has 0 aromatic heterocycles. The molecule has 8 heteroatoms. The molecule has 0 aliphatic carbocycles. The summed E-state index contributed by atoms with van der Waals surface area (Å²) >= 11 is 0. The minimum Gasteiger partial charge on any atom is -0.294 e. The molecule has 0 unspecified atom stereocenters. The monoisotopic (exact) mass is 280 g/mol. The molecule has 2 rings (SSSR count). The molecule has 1 fully saturated rings. The largest absolute Gasteiger partial charge is 0.294 e. The Morgan fingerprint density at radius 2 is 2.00 bits per heavy atom. The first kappa shape index (κ1) is 14.1. The van der Waals surface area contributed by atoms with Crippen LogP contribution in [-0.2, 0) is 16.1 Å². The lowest BCUT2D eigenvalue weighted by Gasteiger charge is -2.25. The zero-order valence-corrected chi connectivity index (χ0v) is 10.5. The summed E-state index contributed by atoms with van der Waals surface area (Å²) in [5.41, 5.74) is 2.37. The number of nitrogen functional groups attached to an aromatic ring is 1. The van der Waals surface area contributed by atoms with Crippen molar-refractivity contribution in [1.29, 1.82) is 0 Å². The molecular weight excluding hydrogens is 267 g/mol. The second-order valence-corrected chi connectivity index (χ2v) is 4.40. The van der Waals surface area contributed by atoms with Crippen molar-refractivity contribution in [2.24, 2.45) is 5.84 Å². The molecule has 106 valence electrons. The number of carbonyl (C=O) groups excluding carboxylic acids is 3. The number of carbonyl (C=O) groups is 3. The maximum Gasteiger partial charge on any atom is 0.265 e. The van der Waals surface area contributed by atoms with Crippen molar-refractivity contribution in [2.75, 3.05) is 13.1 Å². The van der Waals surface area contributed by atoms with E-state index >= 15 is 0 Å². The highest BCUT2D eigenvalue weighted by Gasteiger charge is 2.23. The Hall–Kier alpha value is -2.32. The van der Waals surface area contributed by atoms with Crippen molar-refractivity contribution >= 4 is 17.7 Å². The Bertz CT molecular complexity index is 560. The average Bonchev–Trinajstić information content (AvgIpc) is 2.39. The van der Waals surface area contributed by atoms with Crippen LogP contribution in [0.25, 0.3) is 0 Å². The fourth-order valence-electron chi connectivity index (χ4n) is 1.97. The SMILES string of the molecule is NNC(=O)c1ccc(F)c(CN2CC(=O)NC(=O)C2)c1. The molecule has 1 aromatic rings. The van der Waals surface area contributed by atoms with Crippen LogP contribution in [0.15, 0.2) is 18.2 Å². The van der Waals surface area contributed by atoms with Gasteiger partial charge in [0, 0.05) is 17.7 Å². The van der Waals surface area contributed by atoms with Crippen LogP contribution in [-0.4, -0.2) is 35.7 Å². The highest BCUT2D eigenvalue weighted by atomic mass is 19.1. The van der Waals surface area contributed by atoms with Crippen molar-refractivity contribution in [2.45, 2.75) is 6.54 Å². The van der Waals surface area contributed by atoms with Gasteiger partial charge in [-0.2, -0.15) is 0 Å². The quantitative estimate of drug-likeness (QED) is 0.282. The van der Waals surface area contributed by atoms with Crippen LogP contribution in [0.1, 0.15) is 15.9 Å². The van der Waals surface area contributed by atoms with Gasteiger partial charge in [0.2, 0.25) is 11.8 Å². The molecular formula is C12H13FN4O3. The summed E-state index contributed by atoms with van der Waals surface area (Å²) in [5, 5.41) is 2.15. The number of rotatable bonds is 3. The Morgan fingerprint density at radius 1 is 1.35 bits per heavy atom. The molecule has 20 heavy (non-hydrogen) atoms. The van der Waals surface area contributed by atoms with E-state index in [-0.39, 0.29) is 30.8 Å². The second kappa shape index (κ2) is 5.76. The molecule has 0 saturated carbocycles. The van der Waals surface area contributed by atoms with E-state index in [4.69, 9.17) is 5.84 Å². The van der Waals surface area contributed by atoms with Gasteiger partial charge in [0.05, 0.1) is 13.1 Å². The lowest BCUT2D eigenvalue weighted by molar-refractivity contribution is -0.136. The number of nitrogens with one attached hydrogen (secondary N) is 2. The third-order valence-electron chi connectivity index (χ3n) is 2.85. The van der Waals surface area contributed by atoms with Crippen LogP contribution in [0.5, 0.6) is 0 Å². The lowest BCUT2D eigenvalue weighted by atomic mass is 10.1. The summed E-state index contributed by atoms with van der Waals surface area (Å²) in [7, 11) is 0. The van der Waals surface area contributed by atoms with E-state index in [0.717, 1.165) is 6.07 Å². The standard InChI is InChI=1S/C12H13FN4O3/c13-9-2-1-7(12(20)16-14)3-8(9)4-17-5-10(18)15-11(19)6-17/h1-3H,4-6,14H2,(H,16,20)(H,15,18,19). The number of nitrogens with zero attached hydrogens (tertiary/aromatic N) is 1. The van der Waals surface area contributed by atoms with Crippen LogP contribution in [0.3, 0.4) is 0 Å². The number of hydrazine groups is 1. The molecule has 0 bridgehead atoms. The third kappa shape index (κ3) is 3.16. The zero-order chi connectivity index (χ0) is 14.7. The van der Waals surface area contributed by atoms with E-state index in [0.29, 0.717) is 0 Å². The van der Waals surface area contributed by atoms with Crippen molar-refractivity contribution < 1.29 is 18.8 Å². The summed E-state index contributed by atoms with van der Waals surface area (Å²) < 4.78 is 13.7. The maximum atomic E-state index is 13.7. The van der Waals surface area contributed by atoms with Crippen molar-refractivity contribution in [3.63, 3.8) is 0 Å². The predicted molar refractivity (Wildman–Crippen MR) is 66.5 cm³/mol. The van der Waals surface area contributed by atoms with E-state index in [1.807, 2.05) is 5.43 Å². The van der Waals surface area contributed by atoms with E-state index in [1.165, 1.54) is 17.0 Å². The first-order chi connectivity index (χ1) is 9.49. The molecule has 1 aliphatic rings. The number of hydrogen-bond acceptors (Lipinski definition) is 5. The number of piperazine rings is 1. The van der Waals surface area contributed by atoms with E-state index in [2.05, 4.69) is 5.32 Å². The normalized spacial score (nSPS) is 15.9. The number of imide groups is 1. The fourth-order valence-corrected chi connectivity index (χ4v) is 1.97. The Morgan fingerprint density at radius 3 is 2.60 bits per heavy atom. The number of halogens is 1. The van der Waals surface area contributed by atoms with Gasteiger partial charge in [-0.25, -0.2) is 10.2 Å². The first-order valence-electron chi connectivity index (χ1n) is 5.84. The van der Waals surface area contributed by atoms with E-state index in [1.54, 1.807) is 0 Å². The minimum atomic E-state index is -0.543. The topological polar surface area (TPSA) is 105 Å². The molecule has 1 heterocycles. The van der Waals surface area contributed by atoms with Crippen molar-refractivity contribution in [3.05, 3.63) is 35.1 Å². The van der Waals surface area contributed by atoms with Gasteiger partial charge in [-0.15, -0.1) is 0 Å². The molecule has 0 spiro atoms. The molecule has 1 aliphatic heterocycles. The van der Waals surface area contributed by atoms with Crippen LogP contribution in [0, 0.1) is 5.82 Å². The highest BCUT2D eigenvalue weighted by Crippen LogP contribution is 2.14. The van der Waals surface area contributed by atoms with Gasteiger partial charge < -0.3 is 0 Å². The van der Waals surface area contributed by atoms with Gasteiger partial charge in [-0.05, 0) is 18.2 Å². The Kier molecular flexibility index (Phi) is 4.06. The number of amides is 3. The van der Waals surface area contributed by atoms with E-state index < -0.39 is 23.5 Å². The second-order valence-electron chi connectivity index (χ2n) is 4.40. The maximum absolute atomic E-state index is 13.7. The molecule has 1 saturated heterocycles. The van der Waals surface area contributed by atoms with Crippen LogP contribution in [0.2, 0.25) is 0 Å². The number of benzene rings is 1. The predicted octanol–water partition coefficient (Wildman–Crippen LogP) is -1.11. The Balaban J connectivity index is 2.17. The minimum absolute atomic E-state index is 0.00150. The molecule has 4 N–H and O–H groups in total. The average molecular weight is 280 g/mol. The van der Waals surface area contributed by atoms with Crippen LogP contribution < -0.4 is 16.6 Å². The van der Waals surface area contributed by atoms with Crippen LogP contribution >= 0.6 is 0 Å². The summed E-state index contributed by atoms with van der Waals surface area (Å²) in [6.07, 6.45) is 0. The number of nitrogens with two attached hydrogens (primary N) is 1. The zero-order valence-electron chi connectivity index (χ0n) is 10.5. The molecule has 0 atom stereocenters. The summed E-state index contributed by atoms with van der Waals surface area (Å²) in [4.78, 5) is 35.3. The fraction of sp³-hybridized carbons (Fsp3) is 0.250. The smallest absolute Gasteiger partial charge is 0.265 e. The number of hydrogen-bond donors (Lipinski definition) is 3. The lowest BCUT2D eigenvalue weighted by Crippen LogP contribution is -2.50. The molecule has 3 amide bonds. The summed E-state index contributed by atoms with van der Waals surface area (Å²) in [6, 6.07) is 3.79. The van der Waals surface area contributed by atoms with Gasteiger partial charge in [0.1, 0.15) is 5.82 Å². The van der Waals surface area contributed by atoms with Gasteiger partial charge >= 0.3 is 0 Å². The molecule has 7 nitrogen and oxygen atoms in total. The highest BCUT2D eigenvalue weighted by molar-refractivity contribution is 5.99. The van der Waals surface area contributed by atoms with Crippen molar-refractivity contribution in [1.82, 2.24) is 15.6 Å². The Labute approximate surface area is 113 Å². The molecule has 1 aromatic carbocycles. The van der Waals surface area contributed by atoms with Gasteiger partial charge in [0.25, 0.3) is 5.91 Å². The molecule has 0 radical (unpaired) electrons. The van der Waals surface area contributed by atoms with Gasteiger partial charge in [0.15, 0.2) is 0 Å². The van der Waals surface area contributed by atoms with E-state index in [9.17, 15) is 18.8 Å². The van der Waals surface area contributed by atoms with Gasteiger partial charge in [-0.1, -0.05) is 0 Å². The van der Waals surface area contributed by atoms with Crippen molar-refractivity contribution in [3.8, 4) is 0 Å². The first-order valence-corrected chi connectivity index (χ1v) is 5.84. The third-order valence-corrected chi connectivity index (χ3v) is 2.85. The van der Waals surface area contributed by atoms with Gasteiger partial charge in [-0.3, -0.25) is 30.0 Å². The van der Waals surface area contributed by atoms with Crippen LogP contribution in [0.4, 0.5) is 4.39 Å². The summed E-state index contributed by atoms with van der Waals surface area (Å²) in [6.45, 7) is 0.0493. The summed E-state index contributed by atoms with van der Waals surface area (Å²) in [5.74, 6) is 3.09.